The van der Waals surface area contributed by atoms with Crippen molar-refractivity contribution in [3.05, 3.63) is 36.2 Å². The van der Waals surface area contributed by atoms with Gasteiger partial charge in [-0.15, -0.1) is 0 Å². The van der Waals surface area contributed by atoms with Crippen molar-refractivity contribution in [1.29, 1.82) is 5.26 Å². The highest BCUT2D eigenvalue weighted by atomic mass is 28.3. The topological polar surface area (TPSA) is 75.6 Å². The van der Waals surface area contributed by atoms with Gasteiger partial charge in [0.15, 0.2) is 11.5 Å². The highest BCUT2D eigenvalue weighted by molar-refractivity contribution is 6.88. The van der Waals surface area contributed by atoms with Crippen LogP contribution in [0.1, 0.15) is 5.69 Å². The van der Waals surface area contributed by atoms with Crippen LogP contribution in [0.3, 0.4) is 0 Å². The van der Waals surface area contributed by atoms with Crippen LogP contribution >= 0.6 is 0 Å². The fourth-order valence-electron chi connectivity index (χ4n) is 1.76. The summed E-state index contributed by atoms with van der Waals surface area (Å²) >= 11 is 0. The molecule has 0 spiro atoms. The zero-order valence-corrected chi connectivity index (χ0v) is 12.3. The van der Waals surface area contributed by atoms with Crippen molar-refractivity contribution < 1.29 is 0 Å². The molecule has 2 aromatic rings. The maximum Gasteiger partial charge on any atom is 0.183 e. The molecule has 1 aromatic carbocycles. The molecule has 0 saturated heterocycles. The summed E-state index contributed by atoms with van der Waals surface area (Å²) in [6.07, 6.45) is 1.61. The molecule has 0 fully saturated rings. The molecule has 0 amide bonds. The molecule has 0 aliphatic carbocycles. The van der Waals surface area contributed by atoms with Crippen molar-refractivity contribution in [1.82, 2.24) is 9.97 Å². The summed E-state index contributed by atoms with van der Waals surface area (Å²) in [7, 11) is -1.37. The molecule has 4 nitrogen and oxygen atoms in total. The van der Waals surface area contributed by atoms with Crippen molar-refractivity contribution >= 4 is 19.1 Å². The number of nitrogens with zero attached hydrogens (tertiary/aromatic N) is 3. The molecule has 19 heavy (non-hydrogen) atoms. The lowest BCUT2D eigenvalue weighted by atomic mass is 10.1. The lowest BCUT2D eigenvalue weighted by molar-refractivity contribution is 1.18. The van der Waals surface area contributed by atoms with Gasteiger partial charge in [0.25, 0.3) is 0 Å². The maximum atomic E-state index is 8.95. The Hall–Kier alpha value is -2.19. The smallest absolute Gasteiger partial charge is 0.183 e. The van der Waals surface area contributed by atoms with E-state index in [4.69, 9.17) is 11.0 Å². The van der Waals surface area contributed by atoms with Crippen molar-refractivity contribution in [2.45, 2.75) is 19.6 Å². The van der Waals surface area contributed by atoms with E-state index < -0.39 is 8.07 Å². The minimum Gasteiger partial charge on any atom is -0.381 e. The second kappa shape index (κ2) is 4.82. The molecule has 0 unspecified atom stereocenters. The molecule has 1 heterocycles. The Morgan fingerprint density at radius 2 is 2.00 bits per heavy atom. The third-order valence-electron chi connectivity index (χ3n) is 2.93. The molecule has 0 aliphatic heterocycles. The molecular weight excluding hydrogens is 252 g/mol. The van der Waals surface area contributed by atoms with E-state index in [0.29, 0.717) is 5.69 Å². The number of hydrogen-bond donors (Lipinski definition) is 1. The van der Waals surface area contributed by atoms with Gasteiger partial charge in [-0.1, -0.05) is 49.1 Å². The standard InChI is InChI=1S/C14H16N4Si/c1-19(2,3)11-6-4-5-10(7-11)13-9-17-14(16)12(8-15)18-13/h4-7,9H,1-3H3,(H2,16,17). The molecule has 0 aliphatic rings. The van der Waals surface area contributed by atoms with Crippen LogP contribution in [0.2, 0.25) is 19.6 Å². The van der Waals surface area contributed by atoms with Gasteiger partial charge in [0.1, 0.15) is 6.07 Å². The first-order valence-electron chi connectivity index (χ1n) is 6.05. The Morgan fingerprint density at radius 1 is 1.26 bits per heavy atom. The van der Waals surface area contributed by atoms with E-state index in [1.165, 1.54) is 5.19 Å². The highest BCUT2D eigenvalue weighted by Crippen LogP contribution is 2.18. The van der Waals surface area contributed by atoms with E-state index in [0.717, 1.165) is 5.56 Å². The lowest BCUT2D eigenvalue weighted by Gasteiger charge is -2.17. The summed E-state index contributed by atoms with van der Waals surface area (Å²) in [4.78, 5) is 8.27. The molecule has 96 valence electrons. The van der Waals surface area contributed by atoms with Gasteiger partial charge in [-0.25, -0.2) is 9.97 Å². The maximum absolute atomic E-state index is 8.95. The van der Waals surface area contributed by atoms with E-state index in [2.05, 4.69) is 41.7 Å². The lowest BCUT2D eigenvalue weighted by Crippen LogP contribution is -2.37. The minimum absolute atomic E-state index is 0.174. The Labute approximate surface area is 114 Å². The van der Waals surface area contributed by atoms with Crippen molar-refractivity contribution in [2.75, 3.05) is 5.73 Å². The average molecular weight is 268 g/mol. The Morgan fingerprint density at radius 3 is 2.63 bits per heavy atom. The molecule has 1 aromatic heterocycles. The Balaban J connectivity index is 2.51. The van der Waals surface area contributed by atoms with Crippen LogP contribution in [0.15, 0.2) is 30.5 Å². The van der Waals surface area contributed by atoms with Crippen LogP contribution in [0, 0.1) is 11.3 Å². The third kappa shape index (κ3) is 2.80. The van der Waals surface area contributed by atoms with Crippen molar-refractivity contribution in [3.8, 4) is 17.3 Å². The number of hydrogen-bond acceptors (Lipinski definition) is 4. The zero-order chi connectivity index (χ0) is 14.0. The zero-order valence-electron chi connectivity index (χ0n) is 11.3. The van der Waals surface area contributed by atoms with Crippen LogP contribution < -0.4 is 10.9 Å². The van der Waals surface area contributed by atoms with Gasteiger partial charge < -0.3 is 5.73 Å². The molecule has 0 saturated carbocycles. The number of aromatic nitrogens is 2. The molecule has 0 radical (unpaired) electrons. The highest BCUT2D eigenvalue weighted by Gasteiger charge is 2.17. The molecule has 2 rings (SSSR count). The van der Waals surface area contributed by atoms with E-state index in [1.54, 1.807) is 6.20 Å². The summed E-state index contributed by atoms with van der Waals surface area (Å²) in [6.45, 7) is 6.88. The number of nitrogen functional groups attached to an aromatic ring is 1. The van der Waals surface area contributed by atoms with Crippen molar-refractivity contribution in [3.63, 3.8) is 0 Å². The predicted octanol–water partition coefficient (Wildman–Crippen LogP) is 2.14. The average Bonchev–Trinajstić information content (AvgIpc) is 2.38. The van der Waals surface area contributed by atoms with Gasteiger partial charge in [-0.05, 0) is 0 Å². The van der Waals surface area contributed by atoms with Crippen LogP contribution in [-0.2, 0) is 0 Å². The quantitative estimate of drug-likeness (QED) is 0.847. The van der Waals surface area contributed by atoms with Gasteiger partial charge >= 0.3 is 0 Å². The predicted molar refractivity (Wildman–Crippen MR) is 79.6 cm³/mol. The minimum atomic E-state index is -1.37. The second-order valence-electron chi connectivity index (χ2n) is 5.43. The monoisotopic (exact) mass is 268 g/mol. The normalized spacial score (nSPS) is 11.1. The fraction of sp³-hybridized carbons (Fsp3) is 0.214. The summed E-state index contributed by atoms with van der Waals surface area (Å²) in [6, 6.07) is 10.2. The summed E-state index contributed by atoms with van der Waals surface area (Å²) in [5.74, 6) is 0.174. The summed E-state index contributed by atoms with van der Waals surface area (Å²) in [5, 5.41) is 10.3. The van der Waals surface area contributed by atoms with Crippen LogP contribution in [0.4, 0.5) is 5.82 Å². The summed E-state index contributed by atoms with van der Waals surface area (Å²) < 4.78 is 0. The van der Waals surface area contributed by atoms with Gasteiger partial charge in [0, 0.05) is 5.56 Å². The Bertz CT molecular complexity index is 653. The van der Waals surface area contributed by atoms with E-state index in [-0.39, 0.29) is 11.5 Å². The van der Waals surface area contributed by atoms with Crippen LogP contribution in [0.5, 0.6) is 0 Å². The van der Waals surface area contributed by atoms with E-state index >= 15 is 0 Å². The van der Waals surface area contributed by atoms with Gasteiger partial charge in [-0.3, -0.25) is 0 Å². The first-order chi connectivity index (χ1) is 8.91. The molecule has 2 N–H and O–H groups in total. The first kappa shape index (κ1) is 13.2. The second-order valence-corrected chi connectivity index (χ2v) is 10.5. The number of nitriles is 1. The largest absolute Gasteiger partial charge is 0.381 e. The fourth-order valence-corrected chi connectivity index (χ4v) is 2.95. The van der Waals surface area contributed by atoms with Gasteiger partial charge in [-0.2, -0.15) is 5.26 Å². The number of rotatable bonds is 2. The van der Waals surface area contributed by atoms with Crippen LogP contribution in [0.25, 0.3) is 11.3 Å². The molecular formula is C14H16N4Si. The number of anilines is 1. The summed E-state index contributed by atoms with van der Waals surface area (Å²) in [5.41, 5.74) is 7.43. The van der Waals surface area contributed by atoms with Crippen molar-refractivity contribution in [2.24, 2.45) is 0 Å². The number of benzene rings is 1. The Kier molecular flexibility index (Phi) is 3.36. The van der Waals surface area contributed by atoms with E-state index in [9.17, 15) is 0 Å². The molecule has 5 heteroatoms. The van der Waals surface area contributed by atoms with Crippen LogP contribution in [-0.4, -0.2) is 18.0 Å². The van der Waals surface area contributed by atoms with E-state index in [1.807, 2.05) is 18.2 Å². The molecule has 0 atom stereocenters. The van der Waals surface area contributed by atoms with Gasteiger partial charge in [0.2, 0.25) is 0 Å². The molecule has 0 bridgehead atoms. The number of nitrogens with two attached hydrogens (primary N) is 1. The third-order valence-corrected chi connectivity index (χ3v) is 4.97. The first-order valence-corrected chi connectivity index (χ1v) is 9.55. The SMILES string of the molecule is C[Si](C)(C)c1cccc(-c2cnc(N)c(C#N)n2)c1. The van der Waals surface area contributed by atoms with Gasteiger partial charge in [0.05, 0.1) is 20.0 Å².